The van der Waals surface area contributed by atoms with E-state index < -0.39 is 0 Å². The van der Waals surface area contributed by atoms with Gasteiger partial charge in [0.2, 0.25) is 0 Å². The summed E-state index contributed by atoms with van der Waals surface area (Å²) in [6.45, 7) is 2.44. The number of nitrogens with one attached hydrogen (secondary N) is 1. The lowest BCUT2D eigenvalue weighted by atomic mass is 10.2. The number of carbonyl (C=O) groups excluding carboxylic acids is 1. The molecule has 2 aromatic rings. The van der Waals surface area contributed by atoms with Crippen LogP contribution < -0.4 is 5.56 Å². The Bertz CT molecular complexity index is 619. The molecule has 1 N–H and O–H groups in total. The third kappa shape index (κ3) is 2.74. The second-order valence-corrected chi connectivity index (χ2v) is 3.97. The molecular weight excluding hydrogens is 232 g/mol. The molecule has 5 nitrogen and oxygen atoms in total. The van der Waals surface area contributed by atoms with Gasteiger partial charge in [0.25, 0.3) is 5.56 Å². The van der Waals surface area contributed by atoms with Crippen LogP contribution in [0.3, 0.4) is 0 Å². The summed E-state index contributed by atoms with van der Waals surface area (Å²) in [5.41, 5.74) is 1.30. The van der Waals surface area contributed by atoms with Crippen molar-refractivity contribution in [2.24, 2.45) is 0 Å². The number of esters is 1. The summed E-state index contributed by atoms with van der Waals surface area (Å²) in [5, 5.41) is 0. The summed E-state index contributed by atoms with van der Waals surface area (Å²) in [7, 11) is 0. The van der Waals surface area contributed by atoms with Gasteiger partial charge in [-0.1, -0.05) is 13.3 Å². The maximum atomic E-state index is 11.7. The molecule has 0 radical (unpaired) electrons. The van der Waals surface area contributed by atoms with E-state index in [1.165, 1.54) is 6.20 Å². The third-order valence-corrected chi connectivity index (χ3v) is 2.54. The fourth-order valence-corrected chi connectivity index (χ4v) is 1.56. The highest BCUT2D eigenvalue weighted by Gasteiger charge is 2.08. The van der Waals surface area contributed by atoms with E-state index >= 15 is 0 Å². The van der Waals surface area contributed by atoms with Crippen LogP contribution in [-0.2, 0) is 4.74 Å². The van der Waals surface area contributed by atoms with Gasteiger partial charge in [-0.15, -0.1) is 0 Å². The number of rotatable bonds is 4. The normalized spacial score (nSPS) is 10.5. The number of unbranched alkanes of at least 4 members (excludes halogenated alkanes) is 1. The van der Waals surface area contributed by atoms with Crippen LogP contribution in [0.2, 0.25) is 0 Å². The minimum absolute atomic E-state index is 0.293. The van der Waals surface area contributed by atoms with Gasteiger partial charge < -0.3 is 9.72 Å². The van der Waals surface area contributed by atoms with Crippen LogP contribution in [0, 0.1) is 0 Å². The summed E-state index contributed by atoms with van der Waals surface area (Å²) < 4.78 is 5.10. The van der Waals surface area contributed by atoms with Crippen LogP contribution in [0.1, 0.15) is 30.1 Å². The highest BCUT2D eigenvalue weighted by molar-refractivity contribution is 5.93. The van der Waals surface area contributed by atoms with Gasteiger partial charge in [0.1, 0.15) is 0 Å². The molecular formula is C13H14N2O3. The minimum atomic E-state index is -0.380. The number of fused-ring (bicyclic) bond motifs is 1. The molecule has 5 heteroatoms. The first-order valence-corrected chi connectivity index (χ1v) is 5.87. The van der Waals surface area contributed by atoms with Gasteiger partial charge in [-0.3, -0.25) is 4.79 Å². The number of aromatic nitrogens is 2. The summed E-state index contributed by atoms with van der Waals surface area (Å²) >= 11 is 0. The number of nitrogens with zero attached hydrogens (tertiary/aromatic N) is 1. The lowest BCUT2D eigenvalue weighted by Gasteiger charge is -2.04. The van der Waals surface area contributed by atoms with E-state index in [4.69, 9.17) is 4.74 Å². The van der Waals surface area contributed by atoms with Gasteiger partial charge in [0.15, 0.2) is 0 Å². The van der Waals surface area contributed by atoms with Gasteiger partial charge in [0.05, 0.1) is 29.4 Å². The fourth-order valence-electron chi connectivity index (χ4n) is 1.56. The Labute approximate surface area is 104 Å². The lowest BCUT2D eigenvalue weighted by Crippen LogP contribution is -2.08. The average molecular weight is 246 g/mol. The highest BCUT2D eigenvalue weighted by Crippen LogP contribution is 2.11. The van der Waals surface area contributed by atoms with Crippen molar-refractivity contribution in [3.8, 4) is 0 Å². The first kappa shape index (κ1) is 12.3. The van der Waals surface area contributed by atoms with Crippen LogP contribution in [0.15, 0.2) is 29.2 Å². The minimum Gasteiger partial charge on any atom is -0.462 e. The molecule has 0 fully saturated rings. The molecule has 0 saturated heterocycles. The molecule has 0 amide bonds. The Morgan fingerprint density at radius 2 is 2.28 bits per heavy atom. The number of hydrogen-bond donors (Lipinski definition) is 1. The van der Waals surface area contributed by atoms with Gasteiger partial charge in [-0.25, -0.2) is 9.78 Å². The van der Waals surface area contributed by atoms with Crippen molar-refractivity contribution in [2.75, 3.05) is 6.61 Å². The van der Waals surface area contributed by atoms with Crippen molar-refractivity contribution in [3.63, 3.8) is 0 Å². The number of ether oxygens (including phenoxy) is 1. The van der Waals surface area contributed by atoms with Crippen molar-refractivity contribution >= 4 is 17.0 Å². The molecule has 18 heavy (non-hydrogen) atoms. The molecule has 0 atom stereocenters. The Balaban J connectivity index is 2.23. The van der Waals surface area contributed by atoms with Gasteiger partial charge in [-0.2, -0.15) is 0 Å². The molecule has 94 valence electrons. The molecule has 0 aliphatic heterocycles. The molecule has 1 aromatic heterocycles. The Hall–Kier alpha value is -2.17. The Kier molecular flexibility index (Phi) is 3.72. The summed E-state index contributed by atoms with van der Waals surface area (Å²) in [5.74, 6) is -0.380. The zero-order valence-electron chi connectivity index (χ0n) is 10.1. The maximum absolute atomic E-state index is 11.7. The smallest absolute Gasteiger partial charge is 0.338 e. The van der Waals surface area contributed by atoms with Crippen LogP contribution in [0.4, 0.5) is 0 Å². The topological polar surface area (TPSA) is 72.0 Å². The standard InChI is InChI=1S/C13H14N2O3/c1-2-3-6-18-13(17)9-4-5-10-11(7-9)15-12(16)8-14-10/h4-5,7-8H,2-3,6H2,1H3,(H,15,16). The number of aromatic amines is 1. The SMILES string of the molecule is CCCCOC(=O)c1ccc2ncc(=O)[nH]c2c1. The molecule has 1 aromatic carbocycles. The van der Waals surface area contributed by atoms with E-state index in [1.807, 2.05) is 6.92 Å². The quantitative estimate of drug-likeness (QED) is 0.660. The molecule has 1 heterocycles. The molecule has 0 bridgehead atoms. The van der Waals surface area contributed by atoms with Crippen LogP contribution in [0.25, 0.3) is 11.0 Å². The number of benzene rings is 1. The Morgan fingerprint density at radius 3 is 3.06 bits per heavy atom. The molecule has 0 aliphatic carbocycles. The molecule has 0 aliphatic rings. The summed E-state index contributed by atoms with van der Waals surface area (Å²) in [6, 6.07) is 4.90. The molecule has 0 unspecified atom stereocenters. The maximum Gasteiger partial charge on any atom is 0.338 e. The van der Waals surface area contributed by atoms with Crippen molar-refractivity contribution in [1.82, 2.24) is 9.97 Å². The van der Waals surface area contributed by atoms with E-state index in [2.05, 4.69) is 9.97 Å². The average Bonchev–Trinajstić information content (AvgIpc) is 2.38. The molecule has 0 saturated carbocycles. The van der Waals surface area contributed by atoms with E-state index in [1.54, 1.807) is 18.2 Å². The monoisotopic (exact) mass is 246 g/mol. The predicted octanol–water partition coefficient (Wildman–Crippen LogP) is 1.88. The largest absolute Gasteiger partial charge is 0.462 e. The fraction of sp³-hybridized carbons (Fsp3) is 0.308. The molecule has 2 rings (SSSR count). The first-order valence-electron chi connectivity index (χ1n) is 5.87. The van der Waals surface area contributed by atoms with E-state index in [0.29, 0.717) is 23.2 Å². The van der Waals surface area contributed by atoms with Gasteiger partial charge >= 0.3 is 5.97 Å². The Morgan fingerprint density at radius 1 is 1.44 bits per heavy atom. The zero-order chi connectivity index (χ0) is 13.0. The van der Waals surface area contributed by atoms with Crippen molar-refractivity contribution in [2.45, 2.75) is 19.8 Å². The number of carbonyl (C=O) groups is 1. The van der Waals surface area contributed by atoms with E-state index in [-0.39, 0.29) is 11.5 Å². The number of hydrogen-bond acceptors (Lipinski definition) is 4. The zero-order valence-corrected chi connectivity index (χ0v) is 10.1. The lowest BCUT2D eigenvalue weighted by molar-refractivity contribution is 0.0500. The molecule has 0 spiro atoms. The van der Waals surface area contributed by atoms with E-state index in [9.17, 15) is 9.59 Å². The summed E-state index contributed by atoms with van der Waals surface area (Å²) in [6.07, 6.45) is 3.03. The third-order valence-electron chi connectivity index (χ3n) is 2.54. The van der Waals surface area contributed by atoms with Crippen LogP contribution in [-0.4, -0.2) is 22.5 Å². The van der Waals surface area contributed by atoms with Crippen molar-refractivity contribution in [1.29, 1.82) is 0 Å². The van der Waals surface area contributed by atoms with Crippen molar-refractivity contribution < 1.29 is 9.53 Å². The van der Waals surface area contributed by atoms with E-state index in [0.717, 1.165) is 12.8 Å². The van der Waals surface area contributed by atoms with Crippen molar-refractivity contribution in [3.05, 3.63) is 40.3 Å². The number of H-pyrrole nitrogens is 1. The van der Waals surface area contributed by atoms with Crippen LogP contribution in [0.5, 0.6) is 0 Å². The van der Waals surface area contributed by atoms with Gasteiger partial charge in [0, 0.05) is 0 Å². The highest BCUT2D eigenvalue weighted by atomic mass is 16.5. The second kappa shape index (κ2) is 5.44. The van der Waals surface area contributed by atoms with Crippen LogP contribution >= 0.6 is 0 Å². The first-order chi connectivity index (χ1) is 8.70. The predicted molar refractivity (Wildman–Crippen MR) is 67.6 cm³/mol. The van der Waals surface area contributed by atoms with Gasteiger partial charge in [-0.05, 0) is 24.6 Å². The summed E-state index contributed by atoms with van der Waals surface area (Å²) in [4.78, 5) is 29.4. The second-order valence-electron chi connectivity index (χ2n) is 3.97.